The first-order valence-electron chi connectivity index (χ1n) is 8.13. The average molecular weight is 333 g/mol. The van der Waals surface area contributed by atoms with Crippen LogP contribution in [0.4, 0.5) is 0 Å². The van der Waals surface area contributed by atoms with Crippen LogP contribution in [0.15, 0.2) is 24.3 Å². The minimum absolute atomic E-state index is 0.0330. The van der Waals surface area contributed by atoms with Gasteiger partial charge >= 0.3 is 0 Å². The zero-order valence-corrected chi connectivity index (χ0v) is 13.8. The molecule has 130 valence electrons. The van der Waals surface area contributed by atoms with Gasteiger partial charge in [-0.2, -0.15) is 0 Å². The fraction of sp³-hybridized carbons (Fsp3) is 0.471. The van der Waals surface area contributed by atoms with Crippen LogP contribution in [0.1, 0.15) is 35.7 Å². The largest absolute Gasteiger partial charge is 0.378 e. The minimum Gasteiger partial charge on any atom is -0.378 e. The molecule has 1 aliphatic heterocycles. The van der Waals surface area contributed by atoms with E-state index in [-0.39, 0.29) is 24.7 Å². The van der Waals surface area contributed by atoms with Crippen LogP contribution in [-0.2, 0) is 20.7 Å². The quantitative estimate of drug-likeness (QED) is 0.775. The molecule has 1 aromatic rings. The summed E-state index contributed by atoms with van der Waals surface area (Å²) >= 11 is 0. The molecule has 0 bridgehead atoms. The zero-order valence-electron chi connectivity index (χ0n) is 13.8. The lowest BCUT2D eigenvalue weighted by atomic mass is 10.1. The van der Waals surface area contributed by atoms with Crippen LogP contribution in [0.25, 0.3) is 0 Å². The highest BCUT2D eigenvalue weighted by Crippen LogP contribution is 2.05. The molecular weight excluding hydrogens is 310 g/mol. The zero-order chi connectivity index (χ0) is 17.4. The molecule has 7 heteroatoms. The number of nitrogens with one attached hydrogen (secondary N) is 2. The van der Waals surface area contributed by atoms with Crippen molar-refractivity contribution in [3.8, 4) is 0 Å². The van der Waals surface area contributed by atoms with E-state index in [2.05, 4.69) is 10.9 Å². The normalized spacial score (nSPS) is 14.1. The highest BCUT2D eigenvalue weighted by molar-refractivity contribution is 5.95. The summed E-state index contributed by atoms with van der Waals surface area (Å²) in [5.74, 6) is -0.851. The molecule has 2 rings (SSSR count). The summed E-state index contributed by atoms with van der Waals surface area (Å²) in [7, 11) is 0. The van der Waals surface area contributed by atoms with Crippen molar-refractivity contribution in [3.63, 3.8) is 0 Å². The molecule has 0 aromatic heterocycles. The molecule has 7 nitrogen and oxygen atoms in total. The van der Waals surface area contributed by atoms with Gasteiger partial charge in [-0.05, 0) is 24.1 Å². The summed E-state index contributed by atoms with van der Waals surface area (Å²) in [6.07, 6.45) is 1.05. The molecule has 1 heterocycles. The number of carbonyl (C=O) groups excluding carboxylic acids is 3. The van der Waals surface area contributed by atoms with Crippen LogP contribution in [0.3, 0.4) is 0 Å². The summed E-state index contributed by atoms with van der Waals surface area (Å²) < 4.78 is 5.18. The van der Waals surface area contributed by atoms with Crippen LogP contribution < -0.4 is 10.9 Å². The third-order valence-electron chi connectivity index (χ3n) is 3.87. The molecule has 1 aliphatic rings. The molecular formula is C17H23N3O4. The first-order chi connectivity index (χ1) is 11.6. The second kappa shape index (κ2) is 9.02. The maximum absolute atomic E-state index is 11.9. The molecule has 0 aliphatic carbocycles. The van der Waals surface area contributed by atoms with Gasteiger partial charge in [0.2, 0.25) is 11.8 Å². The monoisotopic (exact) mass is 333 g/mol. The van der Waals surface area contributed by atoms with Crippen LogP contribution in [0, 0.1) is 0 Å². The highest BCUT2D eigenvalue weighted by Gasteiger charge is 2.17. The Morgan fingerprint density at radius 1 is 1.04 bits per heavy atom. The van der Waals surface area contributed by atoms with E-state index in [1.54, 1.807) is 17.0 Å². The van der Waals surface area contributed by atoms with Crippen molar-refractivity contribution in [2.45, 2.75) is 26.2 Å². The Kier molecular flexibility index (Phi) is 6.74. The smallest absolute Gasteiger partial charge is 0.269 e. The van der Waals surface area contributed by atoms with Gasteiger partial charge in [0.05, 0.1) is 13.2 Å². The van der Waals surface area contributed by atoms with Crippen molar-refractivity contribution in [1.82, 2.24) is 15.8 Å². The molecule has 3 amide bonds. The summed E-state index contributed by atoms with van der Waals surface area (Å²) in [4.78, 5) is 37.3. The third-order valence-corrected chi connectivity index (χ3v) is 3.87. The van der Waals surface area contributed by atoms with Crippen LogP contribution in [0.2, 0.25) is 0 Å². The first kappa shape index (κ1) is 17.9. The molecule has 0 radical (unpaired) electrons. The number of hydrazine groups is 1. The lowest BCUT2D eigenvalue weighted by Crippen LogP contribution is -2.43. The number of rotatable bonds is 5. The van der Waals surface area contributed by atoms with E-state index in [0.717, 1.165) is 12.0 Å². The number of benzene rings is 1. The van der Waals surface area contributed by atoms with Gasteiger partial charge in [-0.15, -0.1) is 0 Å². The summed E-state index contributed by atoms with van der Waals surface area (Å²) in [5, 5.41) is 0. The molecule has 0 spiro atoms. The van der Waals surface area contributed by atoms with Gasteiger partial charge in [-0.25, -0.2) is 0 Å². The second-order valence-corrected chi connectivity index (χ2v) is 5.55. The van der Waals surface area contributed by atoms with Crippen LogP contribution in [-0.4, -0.2) is 48.9 Å². The van der Waals surface area contributed by atoms with E-state index in [1.807, 2.05) is 19.1 Å². The van der Waals surface area contributed by atoms with Crippen molar-refractivity contribution in [3.05, 3.63) is 35.4 Å². The molecule has 2 N–H and O–H groups in total. The third kappa shape index (κ3) is 5.34. The van der Waals surface area contributed by atoms with E-state index in [1.165, 1.54) is 0 Å². The molecule has 1 saturated heterocycles. The van der Waals surface area contributed by atoms with Gasteiger partial charge < -0.3 is 9.64 Å². The SMILES string of the molecule is CCc1ccc(C(=O)NNC(=O)CCC(=O)N2CCOCC2)cc1. The van der Waals surface area contributed by atoms with Crippen molar-refractivity contribution in [1.29, 1.82) is 0 Å². The molecule has 1 fully saturated rings. The Balaban J connectivity index is 1.70. The standard InChI is InChI=1S/C17H23N3O4/c1-2-13-3-5-14(6-4-13)17(23)19-18-15(21)7-8-16(22)20-9-11-24-12-10-20/h3-6H,2,7-12H2,1H3,(H,18,21)(H,19,23). The molecule has 0 unspecified atom stereocenters. The fourth-order valence-electron chi connectivity index (χ4n) is 2.34. The topological polar surface area (TPSA) is 87.7 Å². The fourth-order valence-corrected chi connectivity index (χ4v) is 2.34. The number of carbonyl (C=O) groups is 3. The van der Waals surface area contributed by atoms with Crippen molar-refractivity contribution < 1.29 is 19.1 Å². The van der Waals surface area contributed by atoms with Crippen molar-refractivity contribution in [2.75, 3.05) is 26.3 Å². The number of hydrogen-bond donors (Lipinski definition) is 2. The summed E-state index contributed by atoms with van der Waals surface area (Å²) in [5.41, 5.74) is 6.30. The maximum Gasteiger partial charge on any atom is 0.269 e. The van der Waals surface area contributed by atoms with Gasteiger partial charge in [0.25, 0.3) is 5.91 Å². The van der Waals surface area contributed by atoms with Gasteiger partial charge in [-0.3, -0.25) is 25.2 Å². The molecule has 0 atom stereocenters. The Morgan fingerprint density at radius 3 is 2.33 bits per heavy atom. The Morgan fingerprint density at radius 2 is 1.71 bits per heavy atom. The molecule has 0 saturated carbocycles. The van der Waals surface area contributed by atoms with Crippen LogP contribution in [0.5, 0.6) is 0 Å². The van der Waals surface area contributed by atoms with Gasteiger partial charge in [0.15, 0.2) is 0 Å². The first-order valence-corrected chi connectivity index (χ1v) is 8.13. The average Bonchev–Trinajstić information content (AvgIpc) is 2.64. The number of amides is 3. The predicted molar refractivity (Wildman–Crippen MR) is 88.1 cm³/mol. The van der Waals surface area contributed by atoms with Gasteiger partial charge in [0.1, 0.15) is 0 Å². The van der Waals surface area contributed by atoms with E-state index in [0.29, 0.717) is 31.9 Å². The van der Waals surface area contributed by atoms with Crippen molar-refractivity contribution >= 4 is 17.7 Å². The number of ether oxygens (including phenoxy) is 1. The summed E-state index contributed by atoms with van der Waals surface area (Å²) in [6, 6.07) is 7.17. The van der Waals surface area contributed by atoms with Gasteiger partial charge in [-0.1, -0.05) is 19.1 Å². The van der Waals surface area contributed by atoms with Crippen LogP contribution >= 0.6 is 0 Å². The lowest BCUT2D eigenvalue weighted by Gasteiger charge is -2.26. The Hall–Kier alpha value is -2.41. The van der Waals surface area contributed by atoms with Gasteiger partial charge in [0, 0.05) is 31.5 Å². The molecule has 24 heavy (non-hydrogen) atoms. The van der Waals surface area contributed by atoms with E-state index in [4.69, 9.17) is 4.74 Å². The highest BCUT2D eigenvalue weighted by atomic mass is 16.5. The Labute approximate surface area is 141 Å². The molecule has 1 aromatic carbocycles. The van der Waals surface area contributed by atoms with E-state index in [9.17, 15) is 14.4 Å². The minimum atomic E-state index is -0.393. The number of nitrogens with zero attached hydrogens (tertiary/aromatic N) is 1. The lowest BCUT2D eigenvalue weighted by molar-refractivity contribution is -0.137. The Bertz CT molecular complexity index is 580. The van der Waals surface area contributed by atoms with E-state index < -0.39 is 5.91 Å². The number of aryl methyl sites for hydroxylation is 1. The maximum atomic E-state index is 11.9. The summed E-state index contributed by atoms with van der Waals surface area (Å²) in [6.45, 7) is 4.22. The van der Waals surface area contributed by atoms with E-state index >= 15 is 0 Å². The van der Waals surface area contributed by atoms with Crippen molar-refractivity contribution in [2.24, 2.45) is 0 Å². The predicted octanol–water partition coefficient (Wildman–Crippen LogP) is 0.649. The second-order valence-electron chi connectivity index (χ2n) is 5.55. The number of hydrogen-bond acceptors (Lipinski definition) is 4. The number of morpholine rings is 1.